The number of nitrogens with zero attached hydrogens (tertiary/aromatic N) is 1. The van der Waals surface area contributed by atoms with E-state index in [-0.39, 0.29) is 0 Å². The van der Waals surface area contributed by atoms with Crippen molar-refractivity contribution in [2.75, 3.05) is 0 Å². The Hall–Kier alpha value is -1.57. The van der Waals surface area contributed by atoms with Crippen LogP contribution < -0.4 is 0 Å². The molecule has 2 aromatic rings. The highest BCUT2D eigenvalue weighted by Crippen LogP contribution is 2.24. The summed E-state index contributed by atoms with van der Waals surface area (Å²) in [7, 11) is 0. The molecule has 1 aromatic carbocycles. The van der Waals surface area contributed by atoms with E-state index in [9.17, 15) is 0 Å². The molecular weight excluding hydrogens is 186 g/mol. The molecule has 1 heterocycles. The predicted octanol–water partition coefficient (Wildman–Crippen LogP) is 3.77. The number of hydrogen-bond acceptors (Lipinski definition) is 2. The highest BCUT2D eigenvalue weighted by atomic mass is 16.3. The molecule has 0 saturated heterocycles. The van der Waals surface area contributed by atoms with Crippen molar-refractivity contribution in [3.05, 3.63) is 41.8 Å². The van der Waals surface area contributed by atoms with Crippen LogP contribution in [0.4, 0.5) is 0 Å². The van der Waals surface area contributed by atoms with E-state index in [0.29, 0.717) is 5.92 Å². The lowest BCUT2D eigenvalue weighted by Gasteiger charge is -1.99. The first-order chi connectivity index (χ1) is 7.18. The van der Waals surface area contributed by atoms with Crippen LogP contribution in [0.5, 0.6) is 0 Å². The smallest absolute Gasteiger partial charge is 0.226 e. The third-order valence-corrected chi connectivity index (χ3v) is 2.49. The molecule has 2 heteroatoms. The van der Waals surface area contributed by atoms with E-state index >= 15 is 0 Å². The summed E-state index contributed by atoms with van der Waals surface area (Å²) in [4.78, 5) is 4.47. The molecule has 15 heavy (non-hydrogen) atoms. The van der Waals surface area contributed by atoms with Crippen molar-refractivity contribution < 1.29 is 4.42 Å². The minimum atomic E-state index is 0.409. The number of oxazole rings is 1. The summed E-state index contributed by atoms with van der Waals surface area (Å²) in [6, 6.07) is 8.12. The lowest BCUT2D eigenvalue weighted by Crippen LogP contribution is -1.87. The van der Waals surface area contributed by atoms with Gasteiger partial charge in [0.15, 0.2) is 0 Å². The number of aromatic nitrogens is 1. The average molecular weight is 201 g/mol. The van der Waals surface area contributed by atoms with Gasteiger partial charge in [0.2, 0.25) is 5.89 Å². The summed E-state index contributed by atoms with van der Waals surface area (Å²) in [6.45, 7) is 6.29. The number of aryl methyl sites for hydroxylation is 1. The van der Waals surface area contributed by atoms with Crippen molar-refractivity contribution in [2.45, 2.75) is 26.7 Å². The van der Waals surface area contributed by atoms with Crippen LogP contribution in [0.3, 0.4) is 0 Å². The fourth-order valence-corrected chi connectivity index (χ4v) is 1.49. The standard InChI is InChI=1S/C13H15NO/c1-9(2)12-8-15-13(14-12)11-7-5-4-6-10(11)3/h4-9H,1-3H3. The van der Waals surface area contributed by atoms with E-state index in [1.807, 2.05) is 18.2 Å². The van der Waals surface area contributed by atoms with Gasteiger partial charge in [-0.3, -0.25) is 0 Å². The van der Waals surface area contributed by atoms with Gasteiger partial charge >= 0.3 is 0 Å². The number of hydrogen-bond donors (Lipinski definition) is 0. The van der Waals surface area contributed by atoms with Crippen molar-refractivity contribution in [3.8, 4) is 11.5 Å². The lowest BCUT2D eigenvalue weighted by molar-refractivity contribution is 0.571. The van der Waals surface area contributed by atoms with Crippen molar-refractivity contribution in [3.63, 3.8) is 0 Å². The first-order valence-electron chi connectivity index (χ1n) is 5.20. The van der Waals surface area contributed by atoms with E-state index in [4.69, 9.17) is 4.42 Å². The van der Waals surface area contributed by atoms with Crippen LogP contribution >= 0.6 is 0 Å². The second-order valence-electron chi connectivity index (χ2n) is 4.05. The third-order valence-electron chi connectivity index (χ3n) is 2.49. The van der Waals surface area contributed by atoms with E-state index in [0.717, 1.165) is 17.1 Å². The molecule has 0 fully saturated rings. The van der Waals surface area contributed by atoms with Crippen LogP contribution in [0.1, 0.15) is 31.0 Å². The highest BCUT2D eigenvalue weighted by Gasteiger charge is 2.10. The summed E-state index contributed by atoms with van der Waals surface area (Å²) in [5.74, 6) is 1.13. The second kappa shape index (κ2) is 3.89. The third kappa shape index (κ3) is 1.94. The van der Waals surface area contributed by atoms with E-state index in [1.54, 1.807) is 6.26 Å². The molecule has 0 amide bonds. The maximum absolute atomic E-state index is 5.48. The van der Waals surface area contributed by atoms with Crippen LogP contribution in [0, 0.1) is 6.92 Å². The van der Waals surface area contributed by atoms with Gasteiger partial charge in [0.25, 0.3) is 0 Å². The average Bonchev–Trinajstić information content (AvgIpc) is 2.67. The van der Waals surface area contributed by atoms with Gasteiger partial charge in [0, 0.05) is 5.56 Å². The fourth-order valence-electron chi connectivity index (χ4n) is 1.49. The molecule has 1 aromatic heterocycles. The highest BCUT2D eigenvalue weighted by molar-refractivity contribution is 5.58. The molecule has 2 nitrogen and oxygen atoms in total. The zero-order valence-corrected chi connectivity index (χ0v) is 9.32. The second-order valence-corrected chi connectivity index (χ2v) is 4.05. The van der Waals surface area contributed by atoms with E-state index in [2.05, 4.69) is 31.8 Å². The first kappa shape index (κ1) is 9.97. The van der Waals surface area contributed by atoms with Gasteiger partial charge < -0.3 is 4.42 Å². The van der Waals surface area contributed by atoms with Crippen molar-refractivity contribution in [1.82, 2.24) is 4.98 Å². The van der Waals surface area contributed by atoms with Gasteiger partial charge in [-0.15, -0.1) is 0 Å². The molecule has 0 N–H and O–H groups in total. The van der Waals surface area contributed by atoms with E-state index in [1.165, 1.54) is 5.56 Å². The van der Waals surface area contributed by atoms with Crippen LogP contribution in [-0.4, -0.2) is 4.98 Å². The summed E-state index contributed by atoms with van der Waals surface area (Å²) in [5.41, 5.74) is 3.27. The zero-order valence-electron chi connectivity index (χ0n) is 9.32. The Morgan fingerprint density at radius 3 is 2.53 bits per heavy atom. The van der Waals surface area contributed by atoms with Gasteiger partial charge in [0.05, 0.1) is 5.69 Å². The SMILES string of the molecule is Cc1ccccc1-c1nc(C(C)C)co1. The Kier molecular flexibility index (Phi) is 2.58. The largest absolute Gasteiger partial charge is 0.444 e. The maximum atomic E-state index is 5.48. The summed E-state index contributed by atoms with van der Waals surface area (Å²) >= 11 is 0. The van der Waals surface area contributed by atoms with Crippen molar-refractivity contribution in [2.24, 2.45) is 0 Å². The van der Waals surface area contributed by atoms with Gasteiger partial charge in [-0.1, -0.05) is 32.0 Å². The van der Waals surface area contributed by atoms with Crippen LogP contribution in [0.2, 0.25) is 0 Å². The molecule has 0 bridgehead atoms. The first-order valence-corrected chi connectivity index (χ1v) is 5.20. The molecule has 0 radical (unpaired) electrons. The molecule has 0 saturated carbocycles. The van der Waals surface area contributed by atoms with Gasteiger partial charge in [0.1, 0.15) is 6.26 Å². The van der Waals surface area contributed by atoms with Crippen molar-refractivity contribution >= 4 is 0 Å². The molecule has 0 atom stereocenters. The molecular formula is C13H15NO. The Bertz CT molecular complexity index is 457. The minimum absolute atomic E-state index is 0.409. The fraction of sp³-hybridized carbons (Fsp3) is 0.308. The summed E-state index contributed by atoms with van der Waals surface area (Å²) in [6.07, 6.45) is 1.74. The number of benzene rings is 1. The molecule has 0 aliphatic rings. The Morgan fingerprint density at radius 2 is 1.93 bits per heavy atom. The molecule has 0 aliphatic carbocycles. The van der Waals surface area contributed by atoms with Crippen LogP contribution in [0.15, 0.2) is 34.9 Å². The quantitative estimate of drug-likeness (QED) is 0.739. The molecule has 78 valence electrons. The zero-order chi connectivity index (χ0) is 10.8. The van der Waals surface area contributed by atoms with E-state index < -0.39 is 0 Å². The molecule has 0 aliphatic heterocycles. The van der Waals surface area contributed by atoms with Crippen LogP contribution in [0.25, 0.3) is 11.5 Å². The Balaban J connectivity index is 2.42. The van der Waals surface area contributed by atoms with Gasteiger partial charge in [-0.05, 0) is 24.5 Å². The Labute approximate surface area is 90.0 Å². The lowest BCUT2D eigenvalue weighted by atomic mass is 10.1. The molecule has 0 unspecified atom stereocenters. The Morgan fingerprint density at radius 1 is 1.20 bits per heavy atom. The summed E-state index contributed by atoms with van der Waals surface area (Å²) in [5, 5.41) is 0. The topological polar surface area (TPSA) is 26.0 Å². The van der Waals surface area contributed by atoms with Crippen LogP contribution in [-0.2, 0) is 0 Å². The maximum Gasteiger partial charge on any atom is 0.226 e. The number of rotatable bonds is 2. The van der Waals surface area contributed by atoms with Gasteiger partial charge in [-0.2, -0.15) is 0 Å². The summed E-state index contributed by atoms with van der Waals surface area (Å²) < 4.78 is 5.48. The minimum Gasteiger partial charge on any atom is -0.444 e. The van der Waals surface area contributed by atoms with Crippen molar-refractivity contribution in [1.29, 1.82) is 0 Å². The normalized spacial score (nSPS) is 10.9. The molecule has 2 rings (SSSR count). The molecule has 0 spiro atoms. The monoisotopic (exact) mass is 201 g/mol. The predicted molar refractivity (Wildman–Crippen MR) is 60.8 cm³/mol. The van der Waals surface area contributed by atoms with Gasteiger partial charge in [-0.25, -0.2) is 4.98 Å².